The second-order valence-corrected chi connectivity index (χ2v) is 5.26. The lowest BCUT2D eigenvalue weighted by molar-refractivity contribution is -0.0236. The highest BCUT2D eigenvalue weighted by Gasteiger charge is 2.34. The van der Waals surface area contributed by atoms with Crippen LogP contribution < -0.4 is 10.6 Å². The molecule has 1 aliphatic rings. The van der Waals surface area contributed by atoms with Gasteiger partial charge in [0.1, 0.15) is 0 Å². The van der Waals surface area contributed by atoms with Crippen molar-refractivity contribution in [3.63, 3.8) is 0 Å². The number of hydrogen-bond acceptors (Lipinski definition) is 2. The summed E-state index contributed by atoms with van der Waals surface area (Å²) in [6, 6.07) is 0. The fraction of sp³-hybridized carbons (Fsp3) is 0.929. The maximum atomic E-state index is 10.0. The quantitative estimate of drug-likeness (QED) is 0.353. The molecule has 1 saturated carbocycles. The van der Waals surface area contributed by atoms with E-state index in [9.17, 15) is 5.11 Å². The van der Waals surface area contributed by atoms with Crippen LogP contribution in [0.2, 0.25) is 0 Å². The zero-order valence-corrected chi connectivity index (χ0v) is 12.0. The van der Waals surface area contributed by atoms with Gasteiger partial charge in [0.2, 0.25) is 0 Å². The topological polar surface area (TPSA) is 56.7 Å². The summed E-state index contributed by atoms with van der Waals surface area (Å²) in [5.41, 5.74) is -0.523. The van der Waals surface area contributed by atoms with E-state index >= 15 is 0 Å². The third-order valence-corrected chi connectivity index (χ3v) is 3.48. The summed E-state index contributed by atoms with van der Waals surface area (Å²) in [6.45, 7) is 6.63. The zero-order chi connectivity index (χ0) is 13.3. The minimum Gasteiger partial charge on any atom is -0.388 e. The van der Waals surface area contributed by atoms with Gasteiger partial charge in [-0.1, -0.05) is 26.2 Å². The Bertz CT molecular complexity index is 249. The molecule has 4 heteroatoms. The summed E-state index contributed by atoms with van der Waals surface area (Å²) in [7, 11) is 0. The molecule has 0 aromatic heterocycles. The van der Waals surface area contributed by atoms with Crippen molar-refractivity contribution in [1.82, 2.24) is 10.6 Å². The molecule has 0 aromatic rings. The van der Waals surface area contributed by atoms with Crippen LogP contribution in [-0.2, 0) is 0 Å². The Hall–Kier alpha value is -0.770. The highest BCUT2D eigenvalue weighted by atomic mass is 16.3. The van der Waals surface area contributed by atoms with Crippen molar-refractivity contribution in [3.05, 3.63) is 0 Å². The molecule has 0 saturated heterocycles. The number of aliphatic imine (C=N–C) groups is 1. The number of guanidine groups is 1. The van der Waals surface area contributed by atoms with Crippen molar-refractivity contribution in [2.24, 2.45) is 4.99 Å². The SMILES string of the molecule is CCCCCCNC(=NCC1(O)CCC1)NCC. The maximum absolute atomic E-state index is 10.0. The minimum absolute atomic E-state index is 0.523. The van der Waals surface area contributed by atoms with Crippen LogP contribution in [0.1, 0.15) is 58.8 Å². The molecule has 0 bridgehead atoms. The fourth-order valence-corrected chi connectivity index (χ4v) is 2.07. The molecule has 1 aliphatic carbocycles. The second-order valence-electron chi connectivity index (χ2n) is 5.26. The lowest BCUT2D eigenvalue weighted by Crippen LogP contribution is -2.43. The molecule has 0 atom stereocenters. The van der Waals surface area contributed by atoms with Crippen LogP contribution in [0.15, 0.2) is 4.99 Å². The highest BCUT2D eigenvalue weighted by molar-refractivity contribution is 5.79. The smallest absolute Gasteiger partial charge is 0.191 e. The predicted octanol–water partition coefficient (Wildman–Crippen LogP) is 2.04. The van der Waals surface area contributed by atoms with Gasteiger partial charge in [0.25, 0.3) is 0 Å². The van der Waals surface area contributed by atoms with Gasteiger partial charge < -0.3 is 15.7 Å². The zero-order valence-electron chi connectivity index (χ0n) is 12.0. The van der Waals surface area contributed by atoms with Crippen molar-refractivity contribution in [2.45, 2.75) is 64.4 Å². The Kier molecular flexibility index (Phi) is 7.09. The van der Waals surface area contributed by atoms with Crippen LogP contribution in [0.25, 0.3) is 0 Å². The molecule has 18 heavy (non-hydrogen) atoms. The van der Waals surface area contributed by atoms with Gasteiger partial charge in [0.15, 0.2) is 5.96 Å². The van der Waals surface area contributed by atoms with Gasteiger partial charge in [0, 0.05) is 13.1 Å². The number of hydrogen-bond donors (Lipinski definition) is 3. The van der Waals surface area contributed by atoms with Crippen molar-refractivity contribution in [3.8, 4) is 0 Å². The Morgan fingerprint density at radius 3 is 2.50 bits per heavy atom. The molecular weight excluding hydrogens is 226 g/mol. The first-order chi connectivity index (χ1) is 8.70. The highest BCUT2D eigenvalue weighted by Crippen LogP contribution is 2.31. The standard InChI is InChI=1S/C14H29N3O/c1-3-5-6-7-11-16-13(15-4-2)17-12-14(18)9-8-10-14/h18H,3-12H2,1-2H3,(H2,15,16,17). The molecule has 0 aliphatic heterocycles. The molecular formula is C14H29N3O. The lowest BCUT2D eigenvalue weighted by Gasteiger charge is -2.35. The van der Waals surface area contributed by atoms with Gasteiger partial charge in [-0.25, -0.2) is 0 Å². The maximum Gasteiger partial charge on any atom is 0.191 e. The fourth-order valence-electron chi connectivity index (χ4n) is 2.07. The summed E-state index contributed by atoms with van der Waals surface area (Å²) >= 11 is 0. The summed E-state index contributed by atoms with van der Waals surface area (Å²) in [5.74, 6) is 0.842. The van der Waals surface area contributed by atoms with Gasteiger partial charge in [0.05, 0.1) is 12.1 Å². The van der Waals surface area contributed by atoms with E-state index in [0.29, 0.717) is 6.54 Å². The van der Waals surface area contributed by atoms with E-state index in [4.69, 9.17) is 0 Å². The predicted molar refractivity (Wildman–Crippen MR) is 76.9 cm³/mol. The first-order valence-corrected chi connectivity index (χ1v) is 7.45. The molecule has 1 rings (SSSR count). The summed E-state index contributed by atoms with van der Waals surface area (Å²) in [5, 5.41) is 16.6. The molecule has 0 spiro atoms. The average Bonchev–Trinajstić information content (AvgIpc) is 2.33. The minimum atomic E-state index is -0.523. The van der Waals surface area contributed by atoms with Gasteiger partial charge in [-0.2, -0.15) is 0 Å². The number of rotatable bonds is 8. The molecule has 0 radical (unpaired) electrons. The van der Waals surface area contributed by atoms with E-state index in [0.717, 1.165) is 38.3 Å². The lowest BCUT2D eigenvalue weighted by atomic mass is 9.80. The van der Waals surface area contributed by atoms with Gasteiger partial charge >= 0.3 is 0 Å². The third kappa shape index (κ3) is 5.71. The normalized spacial score (nSPS) is 18.3. The van der Waals surface area contributed by atoms with E-state index in [-0.39, 0.29) is 0 Å². The van der Waals surface area contributed by atoms with Crippen molar-refractivity contribution < 1.29 is 5.11 Å². The number of nitrogens with zero attached hydrogens (tertiary/aromatic N) is 1. The molecule has 106 valence electrons. The number of nitrogens with one attached hydrogen (secondary N) is 2. The van der Waals surface area contributed by atoms with E-state index in [1.54, 1.807) is 0 Å². The first-order valence-electron chi connectivity index (χ1n) is 7.45. The molecule has 0 amide bonds. The van der Waals surface area contributed by atoms with E-state index in [1.165, 1.54) is 25.7 Å². The third-order valence-electron chi connectivity index (χ3n) is 3.48. The largest absolute Gasteiger partial charge is 0.388 e. The van der Waals surface area contributed by atoms with Crippen molar-refractivity contribution >= 4 is 5.96 Å². The van der Waals surface area contributed by atoms with Crippen LogP contribution in [0.4, 0.5) is 0 Å². The summed E-state index contributed by atoms with van der Waals surface area (Å²) in [6.07, 6.45) is 7.94. The van der Waals surface area contributed by atoms with Gasteiger partial charge in [-0.15, -0.1) is 0 Å². The first kappa shape index (κ1) is 15.3. The van der Waals surface area contributed by atoms with E-state index in [1.807, 2.05) is 0 Å². The molecule has 0 aromatic carbocycles. The van der Waals surface area contributed by atoms with Crippen LogP contribution >= 0.6 is 0 Å². The van der Waals surface area contributed by atoms with Crippen molar-refractivity contribution in [2.75, 3.05) is 19.6 Å². The molecule has 4 nitrogen and oxygen atoms in total. The van der Waals surface area contributed by atoms with E-state index in [2.05, 4.69) is 29.5 Å². The van der Waals surface area contributed by atoms with E-state index < -0.39 is 5.60 Å². The molecule has 3 N–H and O–H groups in total. The Labute approximate surface area is 111 Å². The van der Waals surface area contributed by atoms with Crippen LogP contribution in [-0.4, -0.2) is 36.3 Å². The number of unbranched alkanes of at least 4 members (excludes halogenated alkanes) is 3. The Balaban J connectivity index is 2.22. The Morgan fingerprint density at radius 2 is 1.94 bits per heavy atom. The second kappa shape index (κ2) is 8.35. The van der Waals surface area contributed by atoms with Crippen molar-refractivity contribution in [1.29, 1.82) is 0 Å². The van der Waals surface area contributed by atoms with Gasteiger partial charge in [-0.3, -0.25) is 4.99 Å². The van der Waals surface area contributed by atoms with Crippen LogP contribution in [0, 0.1) is 0 Å². The monoisotopic (exact) mass is 255 g/mol. The van der Waals surface area contributed by atoms with Crippen LogP contribution in [0.3, 0.4) is 0 Å². The molecule has 1 fully saturated rings. The molecule has 0 heterocycles. The summed E-state index contributed by atoms with van der Waals surface area (Å²) in [4.78, 5) is 4.47. The van der Waals surface area contributed by atoms with Gasteiger partial charge in [-0.05, 0) is 32.6 Å². The Morgan fingerprint density at radius 1 is 1.17 bits per heavy atom. The summed E-state index contributed by atoms with van der Waals surface area (Å²) < 4.78 is 0. The average molecular weight is 255 g/mol. The van der Waals surface area contributed by atoms with Crippen LogP contribution in [0.5, 0.6) is 0 Å². The molecule has 0 unspecified atom stereocenters. The number of aliphatic hydroxyl groups is 1.